The normalized spacial score (nSPS) is 15.4. The Morgan fingerprint density at radius 1 is 1.10 bits per heavy atom. The highest BCUT2D eigenvalue weighted by Crippen LogP contribution is 2.39. The van der Waals surface area contributed by atoms with Gasteiger partial charge in [0.1, 0.15) is 16.5 Å². The van der Waals surface area contributed by atoms with Gasteiger partial charge in [0, 0.05) is 10.4 Å². The lowest BCUT2D eigenvalue weighted by molar-refractivity contribution is 0.1000. The predicted octanol–water partition coefficient (Wildman–Crippen LogP) is 5.02. The van der Waals surface area contributed by atoms with Crippen molar-refractivity contribution >= 4 is 28.2 Å². The van der Waals surface area contributed by atoms with Crippen molar-refractivity contribution in [2.45, 2.75) is 26.2 Å². The SMILES string of the molecule is C[C@H]1CCc2sc(NC(=O)c3cccc(Oc4ccccc4)c3)c(C(N)=O)c2C1. The number of carbonyl (C=O) groups is 2. The molecule has 1 aromatic heterocycles. The van der Waals surface area contributed by atoms with E-state index < -0.39 is 5.91 Å². The van der Waals surface area contributed by atoms with Crippen LogP contribution in [0.5, 0.6) is 11.5 Å². The lowest BCUT2D eigenvalue weighted by Crippen LogP contribution is -2.19. The maximum absolute atomic E-state index is 12.9. The van der Waals surface area contributed by atoms with Crippen LogP contribution in [0.25, 0.3) is 0 Å². The van der Waals surface area contributed by atoms with Gasteiger partial charge in [-0.1, -0.05) is 31.2 Å². The Morgan fingerprint density at radius 2 is 1.86 bits per heavy atom. The van der Waals surface area contributed by atoms with Crippen LogP contribution in [-0.4, -0.2) is 11.8 Å². The molecule has 3 N–H and O–H groups in total. The van der Waals surface area contributed by atoms with E-state index in [4.69, 9.17) is 10.5 Å². The van der Waals surface area contributed by atoms with E-state index in [-0.39, 0.29) is 5.91 Å². The third-order valence-electron chi connectivity index (χ3n) is 5.06. The lowest BCUT2D eigenvalue weighted by Gasteiger charge is -2.18. The molecule has 3 aromatic rings. The van der Waals surface area contributed by atoms with E-state index in [0.717, 1.165) is 29.7 Å². The minimum atomic E-state index is -0.493. The monoisotopic (exact) mass is 406 g/mol. The van der Waals surface area contributed by atoms with Crippen molar-refractivity contribution in [1.29, 1.82) is 0 Å². The van der Waals surface area contributed by atoms with Crippen molar-refractivity contribution in [3.8, 4) is 11.5 Å². The predicted molar refractivity (Wildman–Crippen MR) is 115 cm³/mol. The number of rotatable bonds is 5. The summed E-state index contributed by atoms with van der Waals surface area (Å²) < 4.78 is 5.81. The second-order valence-corrected chi connectivity index (χ2v) is 8.42. The molecule has 0 saturated heterocycles. The van der Waals surface area contributed by atoms with Gasteiger partial charge >= 0.3 is 0 Å². The van der Waals surface area contributed by atoms with Gasteiger partial charge in [-0.05, 0) is 61.1 Å². The molecule has 6 heteroatoms. The largest absolute Gasteiger partial charge is 0.457 e. The molecule has 1 heterocycles. The second kappa shape index (κ2) is 8.09. The van der Waals surface area contributed by atoms with Crippen molar-refractivity contribution in [3.63, 3.8) is 0 Å². The fourth-order valence-corrected chi connectivity index (χ4v) is 4.85. The molecule has 1 atom stereocenters. The molecule has 2 amide bonds. The number of thiophene rings is 1. The van der Waals surface area contributed by atoms with Gasteiger partial charge in [0.15, 0.2) is 0 Å². The molecule has 0 unspecified atom stereocenters. The summed E-state index contributed by atoms with van der Waals surface area (Å²) in [5.41, 5.74) is 7.56. The van der Waals surface area contributed by atoms with Crippen LogP contribution in [0.2, 0.25) is 0 Å². The van der Waals surface area contributed by atoms with Crippen LogP contribution in [-0.2, 0) is 12.8 Å². The van der Waals surface area contributed by atoms with E-state index in [1.807, 2.05) is 30.3 Å². The molecule has 0 radical (unpaired) electrons. The van der Waals surface area contributed by atoms with Crippen LogP contribution in [0.1, 0.15) is 44.5 Å². The number of anilines is 1. The molecule has 0 saturated carbocycles. The topological polar surface area (TPSA) is 81.4 Å². The number of nitrogens with two attached hydrogens (primary N) is 1. The van der Waals surface area contributed by atoms with E-state index >= 15 is 0 Å². The Hall–Kier alpha value is -3.12. The summed E-state index contributed by atoms with van der Waals surface area (Å²) in [6.07, 6.45) is 2.82. The van der Waals surface area contributed by atoms with Gasteiger partial charge in [-0.25, -0.2) is 0 Å². The first kappa shape index (κ1) is 19.2. The number of carbonyl (C=O) groups excluding carboxylic acids is 2. The molecule has 0 spiro atoms. The first-order valence-corrected chi connectivity index (χ1v) is 10.4. The van der Waals surface area contributed by atoms with E-state index in [1.165, 1.54) is 11.3 Å². The van der Waals surface area contributed by atoms with E-state index in [0.29, 0.717) is 33.5 Å². The molecule has 0 fully saturated rings. The minimum absolute atomic E-state index is 0.294. The number of ether oxygens (including phenoxy) is 1. The van der Waals surface area contributed by atoms with Crippen molar-refractivity contribution in [3.05, 3.63) is 76.2 Å². The Kier molecular flexibility index (Phi) is 5.36. The molecule has 1 aliphatic carbocycles. The fraction of sp³-hybridized carbons (Fsp3) is 0.217. The quantitative estimate of drug-likeness (QED) is 0.624. The summed E-state index contributed by atoms with van der Waals surface area (Å²) in [6, 6.07) is 16.3. The van der Waals surface area contributed by atoms with Gasteiger partial charge in [-0.3, -0.25) is 9.59 Å². The highest BCUT2D eigenvalue weighted by Gasteiger charge is 2.27. The van der Waals surface area contributed by atoms with Gasteiger partial charge in [-0.2, -0.15) is 0 Å². The highest BCUT2D eigenvalue weighted by molar-refractivity contribution is 7.17. The van der Waals surface area contributed by atoms with Crippen LogP contribution < -0.4 is 15.8 Å². The molecule has 0 bridgehead atoms. The Labute approximate surface area is 173 Å². The summed E-state index contributed by atoms with van der Waals surface area (Å²) in [5.74, 6) is 0.982. The standard InChI is InChI=1S/C23H22N2O3S/c1-14-10-11-19-18(12-14)20(21(24)26)23(29-19)25-22(27)15-6-5-9-17(13-15)28-16-7-3-2-4-8-16/h2-9,13-14H,10-12H2,1H3,(H2,24,26)(H,25,27)/t14-/m0/s1. The summed E-state index contributed by atoms with van der Waals surface area (Å²) in [6.45, 7) is 2.17. The number of para-hydroxylation sites is 1. The van der Waals surface area contributed by atoms with E-state index in [1.54, 1.807) is 24.3 Å². The second-order valence-electron chi connectivity index (χ2n) is 7.32. The number of nitrogens with one attached hydrogen (secondary N) is 1. The Morgan fingerprint density at radius 3 is 2.62 bits per heavy atom. The first-order chi connectivity index (χ1) is 14.0. The number of fused-ring (bicyclic) bond motifs is 1. The summed E-state index contributed by atoms with van der Waals surface area (Å²) in [4.78, 5) is 26.1. The molecule has 4 rings (SSSR count). The van der Waals surface area contributed by atoms with Gasteiger partial charge in [0.2, 0.25) is 0 Å². The van der Waals surface area contributed by atoms with Crippen LogP contribution in [0, 0.1) is 5.92 Å². The number of hydrogen-bond donors (Lipinski definition) is 2. The van der Waals surface area contributed by atoms with Gasteiger partial charge in [0.05, 0.1) is 5.56 Å². The van der Waals surface area contributed by atoms with Crippen LogP contribution in [0.4, 0.5) is 5.00 Å². The maximum atomic E-state index is 12.9. The van der Waals surface area contributed by atoms with Crippen molar-refractivity contribution in [1.82, 2.24) is 0 Å². The molecule has 1 aliphatic rings. The molecule has 29 heavy (non-hydrogen) atoms. The van der Waals surface area contributed by atoms with Gasteiger partial charge in [0.25, 0.3) is 11.8 Å². The molecular weight excluding hydrogens is 384 g/mol. The molecular formula is C23H22N2O3S. The third kappa shape index (κ3) is 4.17. The average Bonchev–Trinajstić information content (AvgIpc) is 3.06. The summed E-state index contributed by atoms with van der Waals surface area (Å²) >= 11 is 1.46. The highest BCUT2D eigenvalue weighted by atomic mass is 32.1. The zero-order chi connectivity index (χ0) is 20.4. The zero-order valence-electron chi connectivity index (χ0n) is 16.1. The third-order valence-corrected chi connectivity index (χ3v) is 6.26. The molecule has 5 nitrogen and oxygen atoms in total. The summed E-state index contributed by atoms with van der Waals surface area (Å²) in [5, 5.41) is 3.43. The lowest BCUT2D eigenvalue weighted by atomic mass is 9.87. The average molecular weight is 407 g/mol. The Bertz CT molecular complexity index is 1060. The molecule has 0 aliphatic heterocycles. The van der Waals surface area contributed by atoms with Crippen LogP contribution >= 0.6 is 11.3 Å². The van der Waals surface area contributed by atoms with Crippen LogP contribution in [0.15, 0.2) is 54.6 Å². The van der Waals surface area contributed by atoms with Crippen LogP contribution in [0.3, 0.4) is 0 Å². The molecule has 2 aromatic carbocycles. The van der Waals surface area contributed by atoms with Crippen molar-refractivity contribution in [2.24, 2.45) is 11.7 Å². The maximum Gasteiger partial charge on any atom is 0.256 e. The number of aryl methyl sites for hydroxylation is 1. The van der Waals surface area contributed by atoms with Crippen molar-refractivity contribution in [2.75, 3.05) is 5.32 Å². The number of amides is 2. The summed E-state index contributed by atoms with van der Waals surface area (Å²) in [7, 11) is 0. The van der Waals surface area contributed by atoms with E-state index in [9.17, 15) is 9.59 Å². The van der Waals surface area contributed by atoms with Crippen molar-refractivity contribution < 1.29 is 14.3 Å². The number of hydrogen-bond acceptors (Lipinski definition) is 4. The zero-order valence-corrected chi connectivity index (χ0v) is 16.9. The number of primary amides is 1. The Balaban J connectivity index is 1.57. The molecule has 148 valence electrons. The van der Waals surface area contributed by atoms with Gasteiger partial charge < -0.3 is 15.8 Å². The van der Waals surface area contributed by atoms with E-state index in [2.05, 4.69) is 12.2 Å². The number of benzene rings is 2. The fourth-order valence-electron chi connectivity index (χ4n) is 3.61. The smallest absolute Gasteiger partial charge is 0.256 e. The first-order valence-electron chi connectivity index (χ1n) is 9.60. The minimum Gasteiger partial charge on any atom is -0.457 e. The van der Waals surface area contributed by atoms with Gasteiger partial charge in [-0.15, -0.1) is 11.3 Å².